The van der Waals surface area contributed by atoms with Crippen molar-refractivity contribution in [3.05, 3.63) is 53.2 Å². The van der Waals surface area contributed by atoms with Crippen molar-refractivity contribution < 1.29 is 4.79 Å². The molecule has 3 nitrogen and oxygen atoms in total. The molecule has 0 saturated carbocycles. The van der Waals surface area contributed by atoms with Crippen LogP contribution in [0.3, 0.4) is 0 Å². The van der Waals surface area contributed by atoms with Gasteiger partial charge in [0.1, 0.15) is 5.69 Å². The molecule has 0 unspecified atom stereocenters. The summed E-state index contributed by atoms with van der Waals surface area (Å²) in [6.07, 6.45) is 7.13. The van der Waals surface area contributed by atoms with Gasteiger partial charge in [-0.3, -0.25) is 4.79 Å². The summed E-state index contributed by atoms with van der Waals surface area (Å²) in [5.41, 5.74) is 2.11. The lowest BCUT2D eigenvalue weighted by Gasteiger charge is -2.21. The van der Waals surface area contributed by atoms with Crippen LogP contribution in [0.1, 0.15) is 49.0 Å². The van der Waals surface area contributed by atoms with Crippen LogP contribution in [0, 0.1) is 0 Å². The van der Waals surface area contributed by atoms with E-state index < -0.39 is 0 Å². The molecular weight excluding hydrogens is 320 g/mol. The summed E-state index contributed by atoms with van der Waals surface area (Å²) < 4.78 is 0. The lowest BCUT2D eigenvalue weighted by molar-refractivity contribution is 0.0747. The zero-order chi connectivity index (χ0) is 16.8. The SMILES string of the molecule is O=C(c1cccc(-c2ccccc2Cl)n1)N1CCCCCCCC1. The molecule has 0 bridgehead atoms. The molecule has 2 heterocycles. The van der Waals surface area contributed by atoms with Gasteiger partial charge < -0.3 is 4.90 Å². The third-order valence-corrected chi connectivity index (χ3v) is 4.84. The Morgan fingerprint density at radius 1 is 0.875 bits per heavy atom. The van der Waals surface area contributed by atoms with Crippen molar-refractivity contribution in [1.82, 2.24) is 9.88 Å². The fourth-order valence-electron chi connectivity index (χ4n) is 3.16. The lowest BCUT2D eigenvalue weighted by Crippen LogP contribution is -2.33. The predicted molar refractivity (Wildman–Crippen MR) is 98.3 cm³/mol. The van der Waals surface area contributed by atoms with E-state index in [0.717, 1.165) is 37.2 Å². The van der Waals surface area contributed by atoms with E-state index in [1.807, 2.05) is 41.3 Å². The number of halogens is 1. The van der Waals surface area contributed by atoms with Crippen molar-refractivity contribution in [3.8, 4) is 11.3 Å². The molecule has 24 heavy (non-hydrogen) atoms. The highest BCUT2D eigenvalue weighted by molar-refractivity contribution is 6.33. The summed E-state index contributed by atoms with van der Waals surface area (Å²) in [7, 11) is 0. The van der Waals surface area contributed by atoms with Crippen LogP contribution in [0.2, 0.25) is 5.02 Å². The number of hydrogen-bond donors (Lipinski definition) is 0. The van der Waals surface area contributed by atoms with Crippen LogP contribution < -0.4 is 0 Å². The Morgan fingerprint density at radius 3 is 2.25 bits per heavy atom. The maximum absolute atomic E-state index is 12.9. The van der Waals surface area contributed by atoms with Crippen molar-refractivity contribution in [1.29, 1.82) is 0 Å². The number of benzene rings is 1. The molecule has 0 radical (unpaired) electrons. The van der Waals surface area contributed by atoms with Crippen LogP contribution in [-0.4, -0.2) is 28.9 Å². The highest BCUT2D eigenvalue weighted by Crippen LogP contribution is 2.26. The molecule has 1 fully saturated rings. The van der Waals surface area contributed by atoms with Gasteiger partial charge in [-0.25, -0.2) is 4.98 Å². The van der Waals surface area contributed by atoms with E-state index in [9.17, 15) is 4.79 Å². The van der Waals surface area contributed by atoms with E-state index in [1.54, 1.807) is 6.07 Å². The van der Waals surface area contributed by atoms with Gasteiger partial charge in [-0.15, -0.1) is 0 Å². The van der Waals surface area contributed by atoms with E-state index in [2.05, 4.69) is 4.98 Å². The molecule has 1 saturated heterocycles. The number of aromatic nitrogens is 1. The van der Waals surface area contributed by atoms with E-state index >= 15 is 0 Å². The standard InChI is InChI=1S/C20H23ClN2O/c21-17-11-6-5-10-16(17)18-12-9-13-19(22-18)20(24)23-14-7-3-1-2-4-8-15-23/h5-6,9-13H,1-4,7-8,14-15H2. The minimum atomic E-state index is 0.0332. The molecule has 1 aromatic carbocycles. The molecule has 1 aliphatic heterocycles. The first-order valence-electron chi connectivity index (χ1n) is 8.77. The number of nitrogens with zero attached hydrogens (tertiary/aromatic N) is 2. The van der Waals surface area contributed by atoms with Gasteiger partial charge in [0, 0.05) is 23.7 Å². The van der Waals surface area contributed by atoms with Crippen LogP contribution in [-0.2, 0) is 0 Å². The van der Waals surface area contributed by atoms with E-state index in [1.165, 1.54) is 25.7 Å². The Kier molecular flexibility index (Phi) is 5.86. The lowest BCUT2D eigenvalue weighted by atomic mass is 10.1. The second-order valence-electron chi connectivity index (χ2n) is 6.30. The molecule has 4 heteroatoms. The largest absolute Gasteiger partial charge is 0.337 e. The summed E-state index contributed by atoms with van der Waals surface area (Å²) in [4.78, 5) is 19.4. The number of amides is 1. The molecule has 0 aliphatic carbocycles. The maximum atomic E-state index is 12.9. The van der Waals surface area contributed by atoms with Gasteiger partial charge in [-0.1, -0.05) is 61.5 Å². The average molecular weight is 343 g/mol. The zero-order valence-corrected chi connectivity index (χ0v) is 14.6. The van der Waals surface area contributed by atoms with Crippen LogP contribution in [0.15, 0.2) is 42.5 Å². The number of rotatable bonds is 2. The van der Waals surface area contributed by atoms with Crippen molar-refractivity contribution in [3.63, 3.8) is 0 Å². The molecule has 1 amide bonds. The second kappa shape index (κ2) is 8.29. The second-order valence-corrected chi connectivity index (χ2v) is 6.71. The van der Waals surface area contributed by atoms with Gasteiger partial charge >= 0.3 is 0 Å². The van der Waals surface area contributed by atoms with E-state index in [4.69, 9.17) is 11.6 Å². The molecular formula is C20H23ClN2O. The maximum Gasteiger partial charge on any atom is 0.272 e. The summed E-state index contributed by atoms with van der Waals surface area (Å²) in [6.45, 7) is 1.66. The van der Waals surface area contributed by atoms with Gasteiger partial charge in [0.25, 0.3) is 5.91 Å². The number of carbonyl (C=O) groups is 1. The molecule has 1 aliphatic rings. The Labute approximate surface area is 148 Å². The monoisotopic (exact) mass is 342 g/mol. The number of hydrogen-bond acceptors (Lipinski definition) is 2. The highest BCUT2D eigenvalue weighted by atomic mass is 35.5. The fraction of sp³-hybridized carbons (Fsp3) is 0.400. The van der Waals surface area contributed by atoms with Crippen LogP contribution >= 0.6 is 11.6 Å². The summed E-state index contributed by atoms with van der Waals surface area (Å²) in [5, 5.41) is 0.650. The quantitative estimate of drug-likeness (QED) is 0.751. The number of carbonyl (C=O) groups excluding carboxylic acids is 1. The van der Waals surface area contributed by atoms with Crippen molar-refractivity contribution in [2.24, 2.45) is 0 Å². The third kappa shape index (κ3) is 4.15. The summed E-state index contributed by atoms with van der Waals surface area (Å²) in [5.74, 6) is 0.0332. The normalized spacial score (nSPS) is 16.1. The molecule has 1 aromatic heterocycles. The third-order valence-electron chi connectivity index (χ3n) is 4.51. The van der Waals surface area contributed by atoms with Crippen LogP contribution in [0.25, 0.3) is 11.3 Å². The van der Waals surface area contributed by atoms with Crippen molar-refractivity contribution in [2.45, 2.75) is 38.5 Å². The topological polar surface area (TPSA) is 33.2 Å². The number of pyridine rings is 1. The minimum absolute atomic E-state index is 0.0332. The average Bonchev–Trinajstić information content (AvgIpc) is 2.75. The van der Waals surface area contributed by atoms with Gasteiger partial charge in [-0.2, -0.15) is 0 Å². The zero-order valence-electron chi connectivity index (χ0n) is 13.9. The molecule has 0 atom stereocenters. The fourth-order valence-corrected chi connectivity index (χ4v) is 3.39. The smallest absolute Gasteiger partial charge is 0.272 e. The predicted octanol–water partition coefficient (Wildman–Crippen LogP) is 5.20. The molecule has 0 N–H and O–H groups in total. The Balaban J connectivity index is 1.82. The minimum Gasteiger partial charge on any atom is -0.337 e. The Hall–Kier alpha value is -1.87. The molecule has 2 aromatic rings. The first-order chi connectivity index (χ1) is 11.8. The molecule has 0 spiro atoms. The first kappa shape index (κ1) is 17.0. The van der Waals surface area contributed by atoms with Crippen LogP contribution in [0.4, 0.5) is 0 Å². The Bertz CT molecular complexity index is 692. The van der Waals surface area contributed by atoms with Gasteiger partial charge in [0.15, 0.2) is 0 Å². The van der Waals surface area contributed by atoms with Crippen LogP contribution in [0.5, 0.6) is 0 Å². The molecule has 126 valence electrons. The van der Waals surface area contributed by atoms with Gasteiger partial charge in [0.2, 0.25) is 0 Å². The first-order valence-corrected chi connectivity index (χ1v) is 9.15. The Morgan fingerprint density at radius 2 is 1.54 bits per heavy atom. The summed E-state index contributed by atoms with van der Waals surface area (Å²) >= 11 is 6.26. The van der Waals surface area contributed by atoms with Crippen molar-refractivity contribution >= 4 is 17.5 Å². The van der Waals surface area contributed by atoms with Gasteiger partial charge in [-0.05, 0) is 31.0 Å². The van der Waals surface area contributed by atoms with E-state index in [0.29, 0.717) is 10.7 Å². The van der Waals surface area contributed by atoms with E-state index in [-0.39, 0.29) is 5.91 Å². The molecule has 3 rings (SSSR count). The van der Waals surface area contributed by atoms with Crippen molar-refractivity contribution in [2.75, 3.05) is 13.1 Å². The highest BCUT2D eigenvalue weighted by Gasteiger charge is 2.18. The van der Waals surface area contributed by atoms with Gasteiger partial charge in [0.05, 0.1) is 5.69 Å². The summed E-state index contributed by atoms with van der Waals surface area (Å²) in [6, 6.07) is 13.2.